The maximum Gasteiger partial charge on any atom is 0.297 e. The van der Waals surface area contributed by atoms with Gasteiger partial charge < -0.3 is 0 Å². The second-order valence-electron chi connectivity index (χ2n) is 5.37. The van der Waals surface area contributed by atoms with Crippen molar-refractivity contribution in [2.24, 2.45) is 0 Å². The standard InChI is InChI=1S/C13H20O3S/c1-10(2)16-17(14,15)12-8-6-11(7-9-12)13(3,4)5/h6-10H,1-5H3. The summed E-state index contributed by atoms with van der Waals surface area (Å²) in [7, 11) is -3.62. The van der Waals surface area contributed by atoms with Crippen LogP contribution in [0.25, 0.3) is 0 Å². The van der Waals surface area contributed by atoms with Crippen molar-refractivity contribution in [3.8, 4) is 0 Å². The second kappa shape index (κ2) is 4.78. The minimum Gasteiger partial charge on any atom is -0.264 e. The lowest BCUT2D eigenvalue weighted by Crippen LogP contribution is -2.14. The molecule has 0 aliphatic carbocycles. The lowest BCUT2D eigenvalue weighted by atomic mass is 9.87. The summed E-state index contributed by atoms with van der Waals surface area (Å²) in [6.07, 6.45) is -0.345. The van der Waals surface area contributed by atoms with Gasteiger partial charge in [0.05, 0.1) is 11.0 Å². The van der Waals surface area contributed by atoms with E-state index in [-0.39, 0.29) is 16.4 Å². The molecule has 0 aliphatic heterocycles. The van der Waals surface area contributed by atoms with Gasteiger partial charge in [-0.15, -0.1) is 0 Å². The lowest BCUT2D eigenvalue weighted by Gasteiger charge is -2.19. The predicted molar refractivity (Wildman–Crippen MR) is 68.5 cm³/mol. The monoisotopic (exact) mass is 256 g/mol. The van der Waals surface area contributed by atoms with Crippen molar-refractivity contribution in [1.29, 1.82) is 0 Å². The van der Waals surface area contributed by atoms with Gasteiger partial charge in [0, 0.05) is 0 Å². The Kier molecular flexibility index (Phi) is 3.99. The van der Waals surface area contributed by atoms with Gasteiger partial charge in [-0.25, -0.2) is 0 Å². The second-order valence-corrected chi connectivity index (χ2v) is 6.95. The Bertz CT molecular complexity index is 464. The van der Waals surface area contributed by atoms with E-state index in [1.807, 2.05) is 12.1 Å². The van der Waals surface area contributed by atoms with Crippen LogP contribution in [0.5, 0.6) is 0 Å². The molecule has 1 rings (SSSR count). The quantitative estimate of drug-likeness (QED) is 0.780. The zero-order chi connectivity index (χ0) is 13.3. The van der Waals surface area contributed by atoms with Gasteiger partial charge in [-0.1, -0.05) is 32.9 Å². The molecule has 0 heterocycles. The Balaban J connectivity index is 3.03. The predicted octanol–water partition coefficient (Wildman–Crippen LogP) is 3.10. The molecule has 0 atom stereocenters. The third kappa shape index (κ3) is 3.82. The molecule has 0 amide bonds. The maximum absolute atomic E-state index is 11.8. The van der Waals surface area contributed by atoms with Gasteiger partial charge in [0.2, 0.25) is 0 Å². The molecule has 96 valence electrons. The molecular formula is C13H20O3S. The molecule has 0 aliphatic rings. The first-order valence-corrected chi connectivity index (χ1v) is 7.07. The van der Waals surface area contributed by atoms with Crippen molar-refractivity contribution in [1.82, 2.24) is 0 Å². The topological polar surface area (TPSA) is 43.4 Å². The number of hydrogen-bond acceptors (Lipinski definition) is 3. The van der Waals surface area contributed by atoms with E-state index in [0.29, 0.717) is 0 Å². The average Bonchev–Trinajstić information content (AvgIpc) is 2.14. The fourth-order valence-electron chi connectivity index (χ4n) is 1.43. The van der Waals surface area contributed by atoms with Crippen LogP contribution in [0, 0.1) is 0 Å². The normalized spacial score (nSPS) is 13.1. The summed E-state index contributed by atoms with van der Waals surface area (Å²) in [4.78, 5) is 0.208. The fourth-order valence-corrected chi connectivity index (χ4v) is 2.52. The van der Waals surface area contributed by atoms with Crippen molar-refractivity contribution in [3.63, 3.8) is 0 Å². The Hall–Kier alpha value is -0.870. The third-order valence-corrected chi connectivity index (χ3v) is 3.82. The van der Waals surface area contributed by atoms with Crippen LogP contribution >= 0.6 is 0 Å². The lowest BCUT2D eigenvalue weighted by molar-refractivity contribution is 0.249. The summed E-state index contributed by atoms with van der Waals surface area (Å²) in [6, 6.07) is 6.85. The van der Waals surface area contributed by atoms with Crippen molar-refractivity contribution in [2.75, 3.05) is 0 Å². The highest BCUT2D eigenvalue weighted by Gasteiger charge is 2.19. The minimum atomic E-state index is -3.62. The molecule has 0 bridgehead atoms. The molecule has 3 nitrogen and oxygen atoms in total. The molecule has 17 heavy (non-hydrogen) atoms. The van der Waals surface area contributed by atoms with Gasteiger partial charge in [0.25, 0.3) is 10.1 Å². The summed E-state index contributed by atoms with van der Waals surface area (Å²) < 4.78 is 28.5. The highest BCUT2D eigenvalue weighted by Crippen LogP contribution is 2.24. The van der Waals surface area contributed by atoms with E-state index in [2.05, 4.69) is 20.8 Å². The van der Waals surface area contributed by atoms with Crippen LogP contribution in [0.2, 0.25) is 0 Å². The molecule has 0 fully saturated rings. The summed E-state index contributed by atoms with van der Waals surface area (Å²) in [6.45, 7) is 9.64. The van der Waals surface area contributed by atoms with Gasteiger partial charge >= 0.3 is 0 Å². The summed E-state index contributed by atoms with van der Waals surface area (Å²) >= 11 is 0. The van der Waals surface area contributed by atoms with Crippen molar-refractivity contribution in [3.05, 3.63) is 29.8 Å². The highest BCUT2D eigenvalue weighted by molar-refractivity contribution is 7.86. The molecule has 1 aromatic carbocycles. The van der Waals surface area contributed by atoms with Crippen LogP contribution in [0.15, 0.2) is 29.2 Å². The number of rotatable bonds is 3. The molecule has 0 N–H and O–H groups in total. The Labute approximate surface area is 104 Å². The Morgan fingerprint density at radius 2 is 1.53 bits per heavy atom. The van der Waals surface area contributed by atoms with Crippen LogP contribution in [0.4, 0.5) is 0 Å². The zero-order valence-corrected chi connectivity index (χ0v) is 11.8. The van der Waals surface area contributed by atoms with E-state index >= 15 is 0 Å². The van der Waals surface area contributed by atoms with Crippen LogP contribution in [0.3, 0.4) is 0 Å². The van der Waals surface area contributed by atoms with Gasteiger partial charge in [-0.2, -0.15) is 8.42 Å². The molecule has 1 aromatic rings. The van der Waals surface area contributed by atoms with Crippen LogP contribution in [0.1, 0.15) is 40.2 Å². The number of benzene rings is 1. The third-order valence-electron chi connectivity index (χ3n) is 2.33. The molecular weight excluding hydrogens is 236 g/mol. The van der Waals surface area contributed by atoms with E-state index in [0.717, 1.165) is 5.56 Å². The summed E-state index contributed by atoms with van der Waals surface area (Å²) in [5.41, 5.74) is 1.11. The maximum atomic E-state index is 11.8. The molecule has 0 spiro atoms. The Morgan fingerprint density at radius 1 is 1.06 bits per heavy atom. The molecule has 0 radical (unpaired) electrons. The van der Waals surface area contributed by atoms with E-state index in [1.165, 1.54) is 0 Å². The van der Waals surface area contributed by atoms with E-state index < -0.39 is 10.1 Å². The molecule has 0 saturated carbocycles. The largest absolute Gasteiger partial charge is 0.297 e. The SMILES string of the molecule is CC(C)OS(=O)(=O)c1ccc(C(C)(C)C)cc1. The molecule has 4 heteroatoms. The number of hydrogen-bond donors (Lipinski definition) is 0. The highest BCUT2D eigenvalue weighted by atomic mass is 32.2. The van der Waals surface area contributed by atoms with Crippen LogP contribution in [-0.2, 0) is 19.7 Å². The first kappa shape index (κ1) is 14.2. The first-order valence-electron chi connectivity index (χ1n) is 5.67. The first-order chi connectivity index (χ1) is 7.63. The molecule has 0 aromatic heterocycles. The van der Waals surface area contributed by atoms with Gasteiger partial charge in [0.1, 0.15) is 0 Å². The van der Waals surface area contributed by atoms with Gasteiger partial charge in [0.15, 0.2) is 0 Å². The van der Waals surface area contributed by atoms with Crippen molar-refractivity contribution in [2.45, 2.75) is 51.0 Å². The van der Waals surface area contributed by atoms with Crippen molar-refractivity contribution >= 4 is 10.1 Å². The molecule has 0 saturated heterocycles. The van der Waals surface area contributed by atoms with Crippen molar-refractivity contribution < 1.29 is 12.6 Å². The smallest absolute Gasteiger partial charge is 0.264 e. The Morgan fingerprint density at radius 3 is 1.88 bits per heavy atom. The summed E-state index contributed by atoms with van der Waals surface area (Å²) in [5.74, 6) is 0. The van der Waals surface area contributed by atoms with Gasteiger partial charge in [-0.05, 0) is 37.0 Å². The van der Waals surface area contributed by atoms with Gasteiger partial charge in [-0.3, -0.25) is 4.18 Å². The van der Waals surface area contributed by atoms with E-state index in [1.54, 1.807) is 26.0 Å². The van der Waals surface area contributed by atoms with E-state index in [4.69, 9.17) is 4.18 Å². The zero-order valence-electron chi connectivity index (χ0n) is 11.0. The average molecular weight is 256 g/mol. The molecule has 0 unspecified atom stereocenters. The van der Waals surface area contributed by atoms with Crippen LogP contribution < -0.4 is 0 Å². The summed E-state index contributed by atoms with van der Waals surface area (Å²) in [5, 5.41) is 0. The minimum absolute atomic E-state index is 0.0151. The van der Waals surface area contributed by atoms with E-state index in [9.17, 15) is 8.42 Å². The van der Waals surface area contributed by atoms with Crippen LogP contribution in [-0.4, -0.2) is 14.5 Å². The fraction of sp³-hybridized carbons (Fsp3) is 0.538.